The fraction of sp³-hybridized carbons (Fsp3) is 0.462. The first kappa shape index (κ1) is 13.5. The molecule has 0 aliphatic carbocycles. The van der Waals surface area contributed by atoms with E-state index in [4.69, 9.17) is 10.5 Å². The Morgan fingerprint density at radius 2 is 2.12 bits per heavy atom. The minimum Gasteiger partial charge on any atom is -0.495 e. The largest absolute Gasteiger partial charge is 0.495 e. The van der Waals surface area contributed by atoms with Gasteiger partial charge in [-0.25, -0.2) is 0 Å². The normalized spacial score (nSPS) is 12.0. The van der Waals surface area contributed by atoms with Gasteiger partial charge in [0, 0.05) is 19.5 Å². The summed E-state index contributed by atoms with van der Waals surface area (Å²) in [6.07, 6.45) is 1.15. The summed E-state index contributed by atoms with van der Waals surface area (Å²) in [5.41, 5.74) is 6.55. The van der Waals surface area contributed by atoms with Gasteiger partial charge >= 0.3 is 0 Å². The van der Waals surface area contributed by atoms with Gasteiger partial charge in [-0.2, -0.15) is 0 Å². The Labute approximate surface area is 102 Å². The number of hydrogen-bond acceptors (Lipinski definition) is 3. The van der Waals surface area contributed by atoms with Crippen LogP contribution in [-0.2, 0) is 4.79 Å². The molecule has 0 saturated carbocycles. The highest BCUT2D eigenvalue weighted by Crippen LogP contribution is 2.27. The zero-order valence-corrected chi connectivity index (χ0v) is 10.6. The van der Waals surface area contributed by atoms with Crippen molar-refractivity contribution >= 4 is 11.6 Å². The van der Waals surface area contributed by atoms with Gasteiger partial charge in [0.05, 0.1) is 12.8 Å². The highest BCUT2D eigenvalue weighted by Gasteiger charge is 2.16. The van der Waals surface area contributed by atoms with Crippen LogP contribution in [0.15, 0.2) is 24.3 Å². The van der Waals surface area contributed by atoms with Crippen molar-refractivity contribution in [2.24, 2.45) is 5.73 Å². The quantitative estimate of drug-likeness (QED) is 0.848. The molecule has 0 saturated heterocycles. The number of nitrogens with two attached hydrogens (primary N) is 1. The van der Waals surface area contributed by atoms with E-state index in [0.29, 0.717) is 12.2 Å². The molecule has 4 nitrogen and oxygen atoms in total. The van der Waals surface area contributed by atoms with Gasteiger partial charge in [-0.3, -0.25) is 4.79 Å². The number of amides is 1. The monoisotopic (exact) mass is 236 g/mol. The van der Waals surface area contributed by atoms with Gasteiger partial charge in [0.2, 0.25) is 5.91 Å². The Morgan fingerprint density at radius 1 is 1.47 bits per heavy atom. The van der Waals surface area contributed by atoms with E-state index in [9.17, 15) is 4.79 Å². The van der Waals surface area contributed by atoms with E-state index < -0.39 is 0 Å². The molecule has 0 aliphatic rings. The van der Waals surface area contributed by atoms with E-state index in [1.807, 2.05) is 31.2 Å². The van der Waals surface area contributed by atoms with Gasteiger partial charge in [-0.1, -0.05) is 19.1 Å². The molecule has 0 radical (unpaired) electrons. The zero-order chi connectivity index (χ0) is 12.8. The number of carbonyl (C=O) groups excluding carboxylic acids is 1. The van der Waals surface area contributed by atoms with Gasteiger partial charge in [0.1, 0.15) is 5.75 Å². The Bertz CT molecular complexity index is 379. The van der Waals surface area contributed by atoms with Crippen molar-refractivity contribution in [3.63, 3.8) is 0 Å². The second-order valence-corrected chi connectivity index (χ2v) is 4.00. The molecule has 4 heteroatoms. The van der Waals surface area contributed by atoms with Crippen LogP contribution in [0.5, 0.6) is 5.75 Å². The van der Waals surface area contributed by atoms with Crippen LogP contribution in [0, 0.1) is 0 Å². The van der Waals surface area contributed by atoms with Crippen molar-refractivity contribution in [2.45, 2.75) is 25.8 Å². The van der Waals surface area contributed by atoms with E-state index in [0.717, 1.165) is 12.1 Å². The van der Waals surface area contributed by atoms with Crippen LogP contribution in [0.2, 0.25) is 0 Å². The number of methoxy groups -OCH3 is 1. The van der Waals surface area contributed by atoms with Gasteiger partial charge in [-0.15, -0.1) is 0 Å². The highest BCUT2D eigenvalue weighted by molar-refractivity contribution is 5.94. The summed E-state index contributed by atoms with van der Waals surface area (Å²) in [4.78, 5) is 13.6. The molecule has 2 N–H and O–H groups in total. The van der Waals surface area contributed by atoms with Crippen LogP contribution in [0.3, 0.4) is 0 Å². The van der Waals surface area contributed by atoms with Crippen molar-refractivity contribution < 1.29 is 9.53 Å². The molecule has 1 amide bonds. The summed E-state index contributed by atoms with van der Waals surface area (Å²) < 4.78 is 5.22. The predicted octanol–water partition coefficient (Wildman–Crippen LogP) is 1.79. The van der Waals surface area contributed by atoms with E-state index in [1.54, 1.807) is 19.1 Å². The smallest absolute Gasteiger partial charge is 0.228 e. The molecule has 17 heavy (non-hydrogen) atoms. The van der Waals surface area contributed by atoms with E-state index in [2.05, 4.69) is 0 Å². The molecular formula is C13H20N2O2. The Kier molecular flexibility index (Phi) is 4.97. The molecule has 1 unspecified atom stereocenters. The third kappa shape index (κ3) is 3.46. The van der Waals surface area contributed by atoms with E-state index >= 15 is 0 Å². The molecule has 0 spiro atoms. The Morgan fingerprint density at radius 3 is 2.71 bits per heavy atom. The second-order valence-electron chi connectivity index (χ2n) is 4.00. The molecule has 0 aliphatic heterocycles. The maximum Gasteiger partial charge on any atom is 0.228 e. The first-order valence-corrected chi connectivity index (χ1v) is 5.75. The molecule has 1 rings (SSSR count). The fourth-order valence-corrected chi connectivity index (χ4v) is 1.55. The maximum atomic E-state index is 12.0. The molecule has 1 aromatic carbocycles. The number of benzene rings is 1. The third-order valence-corrected chi connectivity index (χ3v) is 2.78. The number of rotatable bonds is 5. The van der Waals surface area contributed by atoms with Crippen LogP contribution < -0.4 is 15.4 Å². The van der Waals surface area contributed by atoms with Crippen molar-refractivity contribution in [3.05, 3.63) is 24.3 Å². The number of anilines is 1. The minimum absolute atomic E-state index is 0.00356. The molecular weight excluding hydrogens is 216 g/mol. The third-order valence-electron chi connectivity index (χ3n) is 2.78. The van der Waals surface area contributed by atoms with Gasteiger partial charge in [0.25, 0.3) is 0 Å². The molecule has 0 aromatic heterocycles. The number of ether oxygens (including phenoxy) is 1. The summed E-state index contributed by atoms with van der Waals surface area (Å²) >= 11 is 0. The second kappa shape index (κ2) is 6.25. The first-order chi connectivity index (χ1) is 8.10. The number of para-hydroxylation sites is 2. The van der Waals surface area contributed by atoms with Gasteiger partial charge in [0.15, 0.2) is 0 Å². The van der Waals surface area contributed by atoms with Crippen molar-refractivity contribution in [1.82, 2.24) is 0 Å². The summed E-state index contributed by atoms with van der Waals surface area (Å²) in [6, 6.07) is 7.35. The Balaban J connectivity index is 2.81. The standard InChI is InChI=1S/C13H20N2O2/c1-4-10(14)9-13(16)15(2)11-7-5-6-8-12(11)17-3/h5-8,10H,4,9,14H2,1-3H3. The summed E-state index contributed by atoms with van der Waals surface area (Å²) in [7, 11) is 3.33. The summed E-state index contributed by atoms with van der Waals surface area (Å²) in [5.74, 6) is 0.692. The van der Waals surface area contributed by atoms with Crippen molar-refractivity contribution in [1.29, 1.82) is 0 Å². The fourth-order valence-electron chi connectivity index (χ4n) is 1.55. The van der Waals surface area contributed by atoms with Crippen LogP contribution in [0.1, 0.15) is 19.8 Å². The maximum absolute atomic E-state index is 12.0. The van der Waals surface area contributed by atoms with Crippen LogP contribution in [-0.4, -0.2) is 26.1 Å². The molecule has 1 atom stereocenters. The molecule has 94 valence electrons. The summed E-state index contributed by atoms with van der Waals surface area (Å²) in [6.45, 7) is 1.97. The number of carbonyl (C=O) groups is 1. The van der Waals surface area contributed by atoms with Crippen molar-refractivity contribution in [3.8, 4) is 5.75 Å². The SMILES string of the molecule is CCC(N)CC(=O)N(C)c1ccccc1OC. The average Bonchev–Trinajstić information content (AvgIpc) is 2.37. The van der Waals surface area contributed by atoms with Crippen molar-refractivity contribution in [2.75, 3.05) is 19.1 Å². The van der Waals surface area contributed by atoms with E-state index in [1.165, 1.54) is 0 Å². The predicted molar refractivity (Wildman–Crippen MR) is 69.3 cm³/mol. The molecule has 1 aromatic rings. The lowest BCUT2D eigenvalue weighted by molar-refractivity contribution is -0.118. The number of nitrogens with zero attached hydrogens (tertiary/aromatic N) is 1. The van der Waals surface area contributed by atoms with Gasteiger partial charge < -0.3 is 15.4 Å². The number of hydrogen-bond donors (Lipinski definition) is 1. The van der Waals surface area contributed by atoms with E-state index in [-0.39, 0.29) is 11.9 Å². The summed E-state index contributed by atoms with van der Waals surface area (Å²) in [5, 5.41) is 0. The molecule has 0 heterocycles. The minimum atomic E-state index is -0.0837. The average molecular weight is 236 g/mol. The molecule has 0 fully saturated rings. The first-order valence-electron chi connectivity index (χ1n) is 5.75. The highest BCUT2D eigenvalue weighted by atomic mass is 16.5. The lowest BCUT2D eigenvalue weighted by Crippen LogP contribution is -2.33. The zero-order valence-electron chi connectivity index (χ0n) is 10.6. The van der Waals surface area contributed by atoms with Gasteiger partial charge in [-0.05, 0) is 18.6 Å². The van der Waals surface area contributed by atoms with Crippen LogP contribution >= 0.6 is 0 Å². The molecule has 0 bridgehead atoms. The van der Waals surface area contributed by atoms with Crippen LogP contribution in [0.4, 0.5) is 5.69 Å². The topological polar surface area (TPSA) is 55.6 Å². The lowest BCUT2D eigenvalue weighted by Gasteiger charge is -2.21. The lowest BCUT2D eigenvalue weighted by atomic mass is 10.1. The van der Waals surface area contributed by atoms with Crippen LogP contribution in [0.25, 0.3) is 0 Å². The Hall–Kier alpha value is -1.55.